The zero-order chi connectivity index (χ0) is 13.8. The topological polar surface area (TPSA) is 56.7 Å². The van der Waals surface area contributed by atoms with Crippen molar-refractivity contribution in [3.63, 3.8) is 0 Å². The van der Waals surface area contributed by atoms with E-state index in [-0.39, 0.29) is 5.82 Å². The van der Waals surface area contributed by atoms with Crippen LogP contribution in [0.5, 0.6) is 0 Å². The lowest BCUT2D eigenvalue weighted by molar-refractivity contribution is 0.533. The third-order valence-corrected chi connectivity index (χ3v) is 3.23. The first kappa shape index (κ1) is 14.0. The summed E-state index contributed by atoms with van der Waals surface area (Å²) in [6, 6.07) is 4.02. The predicted molar refractivity (Wildman–Crippen MR) is 72.4 cm³/mol. The maximum Gasteiger partial charge on any atom is 0.138 e. The number of hydrogen-bond donors (Lipinski definition) is 1. The molecule has 0 radical (unpaired) electrons. The highest BCUT2D eigenvalue weighted by molar-refractivity contribution is 6.31. The molecule has 2 rings (SSSR count). The summed E-state index contributed by atoms with van der Waals surface area (Å²) in [5.74, 6) is 0.357. The first-order chi connectivity index (χ1) is 9.13. The summed E-state index contributed by atoms with van der Waals surface area (Å²) >= 11 is 6.00. The fraction of sp³-hybridized carbons (Fsp3) is 0.385. The SMILES string of the molecule is CCCn1ncnc1CC(N)c1c(F)cccc1Cl. The highest BCUT2D eigenvalue weighted by Crippen LogP contribution is 2.26. The molecule has 0 fully saturated rings. The Morgan fingerprint density at radius 1 is 1.47 bits per heavy atom. The number of aromatic nitrogens is 3. The Morgan fingerprint density at radius 3 is 2.95 bits per heavy atom. The van der Waals surface area contributed by atoms with E-state index in [1.807, 2.05) is 0 Å². The summed E-state index contributed by atoms with van der Waals surface area (Å²) in [4.78, 5) is 4.17. The van der Waals surface area contributed by atoms with Crippen LogP contribution in [0.3, 0.4) is 0 Å². The highest BCUT2D eigenvalue weighted by atomic mass is 35.5. The van der Waals surface area contributed by atoms with Gasteiger partial charge in [0.1, 0.15) is 18.0 Å². The smallest absolute Gasteiger partial charge is 0.138 e. The van der Waals surface area contributed by atoms with E-state index in [0.717, 1.165) is 18.8 Å². The van der Waals surface area contributed by atoms with Gasteiger partial charge in [0.2, 0.25) is 0 Å². The number of nitrogens with zero attached hydrogens (tertiary/aromatic N) is 3. The maximum atomic E-state index is 13.8. The molecule has 0 bridgehead atoms. The van der Waals surface area contributed by atoms with E-state index >= 15 is 0 Å². The molecule has 0 spiro atoms. The largest absolute Gasteiger partial charge is 0.323 e. The van der Waals surface area contributed by atoms with Crippen molar-refractivity contribution in [2.24, 2.45) is 5.73 Å². The van der Waals surface area contributed by atoms with Crippen molar-refractivity contribution >= 4 is 11.6 Å². The fourth-order valence-electron chi connectivity index (χ4n) is 2.01. The van der Waals surface area contributed by atoms with Crippen LogP contribution in [0.15, 0.2) is 24.5 Å². The van der Waals surface area contributed by atoms with Crippen LogP contribution in [0.4, 0.5) is 4.39 Å². The third-order valence-electron chi connectivity index (χ3n) is 2.90. The van der Waals surface area contributed by atoms with Crippen LogP contribution in [-0.4, -0.2) is 14.8 Å². The molecule has 0 amide bonds. The average molecular weight is 283 g/mol. The van der Waals surface area contributed by atoms with Crippen molar-refractivity contribution in [3.05, 3.63) is 46.8 Å². The first-order valence-corrected chi connectivity index (χ1v) is 6.57. The number of aryl methyl sites for hydroxylation is 1. The van der Waals surface area contributed by atoms with Gasteiger partial charge in [0.25, 0.3) is 0 Å². The molecule has 19 heavy (non-hydrogen) atoms. The maximum absolute atomic E-state index is 13.8. The van der Waals surface area contributed by atoms with Crippen molar-refractivity contribution < 1.29 is 4.39 Å². The second-order valence-electron chi connectivity index (χ2n) is 4.35. The second-order valence-corrected chi connectivity index (χ2v) is 4.75. The standard InChI is InChI=1S/C13H16ClFN4/c1-2-6-19-12(17-8-18-19)7-11(16)13-9(14)4-3-5-10(13)15/h3-5,8,11H,2,6-7,16H2,1H3. The Labute approximate surface area is 116 Å². The molecule has 1 atom stereocenters. The number of benzene rings is 1. The lowest BCUT2D eigenvalue weighted by atomic mass is 10.0. The Kier molecular flexibility index (Phi) is 4.50. The normalized spacial score (nSPS) is 12.6. The van der Waals surface area contributed by atoms with Gasteiger partial charge in [-0.15, -0.1) is 0 Å². The summed E-state index contributed by atoms with van der Waals surface area (Å²) in [5.41, 5.74) is 6.38. The molecule has 0 aliphatic rings. The molecule has 4 nitrogen and oxygen atoms in total. The van der Waals surface area contributed by atoms with Crippen LogP contribution in [0.1, 0.15) is 30.8 Å². The van der Waals surface area contributed by atoms with Crippen LogP contribution >= 0.6 is 11.6 Å². The zero-order valence-electron chi connectivity index (χ0n) is 10.7. The van der Waals surface area contributed by atoms with Gasteiger partial charge >= 0.3 is 0 Å². The van der Waals surface area contributed by atoms with Crippen LogP contribution in [0.25, 0.3) is 0 Å². The van der Waals surface area contributed by atoms with Gasteiger partial charge in [-0.3, -0.25) is 4.68 Å². The number of hydrogen-bond acceptors (Lipinski definition) is 3. The first-order valence-electron chi connectivity index (χ1n) is 6.19. The van der Waals surface area contributed by atoms with Gasteiger partial charge < -0.3 is 5.73 Å². The molecule has 1 heterocycles. The molecule has 1 aromatic heterocycles. The number of nitrogens with two attached hydrogens (primary N) is 1. The molecular weight excluding hydrogens is 267 g/mol. The van der Waals surface area contributed by atoms with Crippen molar-refractivity contribution in [1.82, 2.24) is 14.8 Å². The molecule has 1 unspecified atom stereocenters. The van der Waals surface area contributed by atoms with Crippen LogP contribution in [0, 0.1) is 5.82 Å². The van der Waals surface area contributed by atoms with E-state index in [0.29, 0.717) is 17.0 Å². The highest BCUT2D eigenvalue weighted by Gasteiger charge is 2.18. The van der Waals surface area contributed by atoms with Gasteiger partial charge in [0, 0.05) is 29.6 Å². The molecule has 6 heteroatoms. The molecule has 0 aliphatic carbocycles. The van der Waals surface area contributed by atoms with E-state index < -0.39 is 6.04 Å². The van der Waals surface area contributed by atoms with Crippen LogP contribution in [-0.2, 0) is 13.0 Å². The van der Waals surface area contributed by atoms with Crippen molar-refractivity contribution in [2.75, 3.05) is 0 Å². The van der Waals surface area contributed by atoms with Gasteiger partial charge in [-0.2, -0.15) is 5.10 Å². The van der Waals surface area contributed by atoms with Crippen molar-refractivity contribution in [3.8, 4) is 0 Å². The van der Waals surface area contributed by atoms with Crippen LogP contribution < -0.4 is 5.73 Å². The molecule has 0 saturated heterocycles. The van der Waals surface area contributed by atoms with Crippen molar-refractivity contribution in [1.29, 1.82) is 0 Å². The summed E-state index contributed by atoms with van der Waals surface area (Å²) < 4.78 is 15.6. The van der Waals surface area contributed by atoms with Gasteiger partial charge in [-0.05, 0) is 18.6 Å². The molecule has 1 aromatic carbocycles. The Morgan fingerprint density at radius 2 is 2.26 bits per heavy atom. The second kappa shape index (κ2) is 6.12. The quantitative estimate of drug-likeness (QED) is 0.917. The van der Waals surface area contributed by atoms with Gasteiger partial charge in [0.05, 0.1) is 0 Å². The third kappa shape index (κ3) is 3.11. The lowest BCUT2D eigenvalue weighted by Gasteiger charge is -2.14. The minimum Gasteiger partial charge on any atom is -0.323 e. The van der Waals surface area contributed by atoms with E-state index in [4.69, 9.17) is 17.3 Å². The molecule has 102 valence electrons. The van der Waals surface area contributed by atoms with E-state index in [9.17, 15) is 4.39 Å². The van der Waals surface area contributed by atoms with E-state index in [1.165, 1.54) is 12.4 Å². The van der Waals surface area contributed by atoms with Gasteiger partial charge in [0.15, 0.2) is 0 Å². The number of rotatable bonds is 5. The van der Waals surface area contributed by atoms with E-state index in [2.05, 4.69) is 17.0 Å². The van der Waals surface area contributed by atoms with E-state index in [1.54, 1.807) is 16.8 Å². The summed E-state index contributed by atoms with van der Waals surface area (Å²) in [6.45, 7) is 2.83. The molecule has 2 aromatic rings. The van der Waals surface area contributed by atoms with Gasteiger partial charge in [-0.1, -0.05) is 24.6 Å². The Bertz CT molecular complexity index is 535. The monoisotopic (exact) mass is 282 g/mol. The Balaban J connectivity index is 2.21. The zero-order valence-corrected chi connectivity index (χ0v) is 11.4. The summed E-state index contributed by atoms with van der Waals surface area (Å²) in [6.07, 6.45) is 2.84. The summed E-state index contributed by atoms with van der Waals surface area (Å²) in [5, 5.41) is 4.46. The minimum absolute atomic E-state index is 0.329. The predicted octanol–water partition coefficient (Wildman–Crippen LogP) is 2.72. The minimum atomic E-state index is -0.534. The fourth-order valence-corrected chi connectivity index (χ4v) is 2.31. The average Bonchev–Trinajstić information content (AvgIpc) is 2.77. The van der Waals surface area contributed by atoms with Crippen molar-refractivity contribution in [2.45, 2.75) is 32.4 Å². The molecule has 0 aliphatic heterocycles. The summed E-state index contributed by atoms with van der Waals surface area (Å²) in [7, 11) is 0. The Hall–Kier alpha value is -1.46. The van der Waals surface area contributed by atoms with Gasteiger partial charge in [-0.25, -0.2) is 9.37 Å². The molecule has 0 saturated carbocycles. The lowest BCUT2D eigenvalue weighted by Crippen LogP contribution is -2.18. The molecular formula is C13H16ClFN4. The molecule has 2 N–H and O–H groups in total. The number of halogens is 2. The van der Waals surface area contributed by atoms with Crippen LogP contribution in [0.2, 0.25) is 5.02 Å².